The number of rotatable bonds is 6. The summed E-state index contributed by atoms with van der Waals surface area (Å²) in [7, 11) is 1.62. The molecular weight excluding hydrogens is 296 g/mol. The summed E-state index contributed by atoms with van der Waals surface area (Å²) >= 11 is 0. The Morgan fingerprint density at radius 2 is 1.96 bits per heavy atom. The van der Waals surface area contributed by atoms with Crippen LogP contribution >= 0.6 is 0 Å². The van der Waals surface area contributed by atoms with Crippen molar-refractivity contribution in [1.82, 2.24) is 4.90 Å². The molecule has 6 heteroatoms. The van der Waals surface area contributed by atoms with Gasteiger partial charge in [0, 0.05) is 32.2 Å². The summed E-state index contributed by atoms with van der Waals surface area (Å²) in [6.07, 6.45) is 0.903. The highest BCUT2D eigenvalue weighted by Gasteiger charge is 2.38. The van der Waals surface area contributed by atoms with Crippen LogP contribution < -0.4 is 4.90 Å². The number of carboxylic acid groups (broad SMARTS) is 1. The molecule has 1 aromatic rings. The van der Waals surface area contributed by atoms with E-state index in [0.29, 0.717) is 25.9 Å². The van der Waals surface area contributed by atoms with Gasteiger partial charge in [-0.05, 0) is 31.9 Å². The number of benzene rings is 1. The first kappa shape index (κ1) is 17.0. The van der Waals surface area contributed by atoms with E-state index in [0.717, 1.165) is 11.3 Å². The smallest absolute Gasteiger partial charge is 0.303 e. The van der Waals surface area contributed by atoms with Gasteiger partial charge in [-0.15, -0.1) is 0 Å². The second kappa shape index (κ2) is 7.26. The van der Waals surface area contributed by atoms with Gasteiger partial charge in [0.2, 0.25) is 11.8 Å². The Balaban J connectivity index is 1.96. The predicted molar refractivity (Wildman–Crippen MR) is 86.1 cm³/mol. The van der Waals surface area contributed by atoms with Crippen LogP contribution in [-0.4, -0.2) is 47.9 Å². The highest BCUT2D eigenvalue weighted by atomic mass is 16.4. The Kier molecular flexibility index (Phi) is 5.36. The highest BCUT2D eigenvalue weighted by Crippen LogP contribution is 2.26. The Labute approximate surface area is 135 Å². The molecule has 0 aromatic heterocycles. The molecule has 1 saturated heterocycles. The fraction of sp³-hybridized carbons (Fsp3) is 0.471. The number of nitrogens with zero attached hydrogens (tertiary/aromatic N) is 2. The lowest BCUT2D eigenvalue weighted by molar-refractivity contribution is -0.141. The maximum absolute atomic E-state index is 12.5. The fourth-order valence-corrected chi connectivity index (χ4v) is 2.73. The van der Waals surface area contributed by atoms with E-state index in [1.165, 1.54) is 4.90 Å². The molecule has 6 nitrogen and oxygen atoms in total. The third-order valence-electron chi connectivity index (χ3n) is 4.11. The van der Waals surface area contributed by atoms with E-state index in [1.807, 2.05) is 31.2 Å². The molecule has 0 bridgehead atoms. The summed E-state index contributed by atoms with van der Waals surface area (Å²) in [5.74, 6) is -1.95. The van der Waals surface area contributed by atoms with Gasteiger partial charge in [-0.25, -0.2) is 0 Å². The average molecular weight is 318 g/mol. The summed E-state index contributed by atoms with van der Waals surface area (Å²) in [6, 6.07) is 7.65. The average Bonchev–Trinajstić information content (AvgIpc) is 2.88. The molecule has 1 N–H and O–H groups in total. The number of hydrogen-bond acceptors (Lipinski definition) is 3. The highest BCUT2D eigenvalue weighted by molar-refractivity contribution is 6.09. The number of carboxylic acids is 1. The van der Waals surface area contributed by atoms with E-state index in [2.05, 4.69) is 0 Å². The molecule has 1 aliphatic heterocycles. The summed E-state index contributed by atoms with van der Waals surface area (Å²) in [6.45, 7) is 2.86. The number of carbonyl (C=O) groups excluding carboxylic acids is 2. The first-order valence-corrected chi connectivity index (χ1v) is 7.75. The molecule has 0 radical (unpaired) electrons. The van der Waals surface area contributed by atoms with Crippen molar-refractivity contribution in [1.29, 1.82) is 0 Å². The summed E-state index contributed by atoms with van der Waals surface area (Å²) in [5.41, 5.74) is 1.93. The fourth-order valence-electron chi connectivity index (χ4n) is 2.73. The van der Waals surface area contributed by atoms with Crippen molar-refractivity contribution in [2.45, 2.75) is 26.2 Å². The van der Waals surface area contributed by atoms with Gasteiger partial charge < -0.3 is 14.9 Å². The zero-order chi connectivity index (χ0) is 17.0. The molecule has 23 heavy (non-hydrogen) atoms. The predicted octanol–water partition coefficient (Wildman–Crippen LogP) is 1.67. The SMILES string of the molecule is Cc1ccc(N2CC[C@@H](C(=O)N(C)CCCC(=O)O)C2=O)cc1. The van der Waals surface area contributed by atoms with Crippen LogP contribution in [0.2, 0.25) is 0 Å². The van der Waals surface area contributed by atoms with Crippen molar-refractivity contribution in [3.8, 4) is 0 Å². The summed E-state index contributed by atoms with van der Waals surface area (Å²) < 4.78 is 0. The summed E-state index contributed by atoms with van der Waals surface area (Å²) in [4.78, 5) is 38.5. The molecule has 1 atom stereocenters. The van der Waals surface area contributed by atoms with Gasteiger partial charge in [-0.1, -0.05) is 17.7 Å². The van der Waals surface area contributed by atoms with Crippen LogP contribution in [0.25, 0.3) is 0 Å². The van der Waals surface area contributed by atoms with Gasteiger partial charge in [0.05, 0.1) is 0 Å². The largest absolute Gasteiger partial charge is 0.481 e. The normalized spacial score (nSPS) is 17.4. The number of aryl methyl sites for hydroxylation is 1. The standard InChI is InChI=1S/C17H22N2O4/c1-12-5-7-13(8-6-12)19-11-9-14(17(19)23)16(22)18(2)10-3-4-15(20)21/h5-8,14H,3-4,9-11H2,1-2H3,(H,20,21)/t14-/m0/s1. The molecule has 1 heterocycles. The molecular formula is C17H22N2O4. The van der Waals surface area contributed by atoms with Crippen molar-refractivity contribution >= 4 is 23.5 Å². The van der Waals surface area contributed by atoms with Crippen LogP contribution in [0.15, 0.2) is 24.3 Å². The Hall–Kier alpha value is -2.37. The molecule has 0 spiro atoms. The van der Waals surface area contributed by atoms with Crippen molar-refractivity contribution < 1.29 is 19.5 Å². The first-order valence-electron chi connectivity index (χ1n) is 7.75. The number of aliphatic carboxylic acids is 1. The van der Waals surface area contributed by atoms with E-state index in [1.54, 1.807) is 11.9 Å². The first-order chi connectivity index (χ1) is 10.9. The van der Waals surface area contributed by atoms with Crippen molar-refractivity contribution in [3.63, 3.8) is 0 Å². The monoisotopic (exact) mass is 318 g/mol. The van der Waals surface area contributed by atoms with E-state index < -0.39 is 11.9 Å². The van der Waals surface area contributed by atoms with Crippen LogP contribution in [0.5, 0.6) is 0 Å². The zero-order valence-electron chi connectivity index (χ0n) is 13.5. The maximum atomic E-state index is 12.5. The summed E-state index contributed by atoms with van der Waals surface area (Å²) in [5, 5.41) is 8.63. The van der Waals surface area contributed by atoms with Crippen molar-refractivity contribution in [2.75, 3.05) is 25.0 Å². The van der Waals surface area contributed by atoms with Crippen molar-refractivity contribution in [2.24, 2.45) is 5.92 Å². The molecule has 1 fully saturated rings. The van der Waals surface area contributed by atoms with Gasteiger partial charge in [0.25, 0.3) is 0 Å². The van der Waals surface area contributed by atoms with Gasteiger partial charge >= 0.3 is 5.97 Å². The van der Waals surface area contributed by atoms with Crippen LogP contribution in [-0.2, 0) is 14.4 Å². The van der Waals surface area contributed by atoms with Gasteiger partial charge in [-0.2, -0.15) is 0 Å². The third-order valence-corrected chi connectivity index (χ3v) is 4.11. The van der Waals surface area contributed by atoms with Gasteiger partial charge in [0.1, 0.15) is 5.92 Å². The molecule has 2 rings (SSSR count). The van der Waals surface area contributed by atoms with Gasteiger partial charge in [0.15, 0.2) is 0 Å². The van der Waals surface area contributed by atoms with Crippen LogP contribution in [0, 0.1) is 12.8 Å². The topological polar surface area (TPSA) is 77.9 Å². The lowest BCUT2D eigenvalue weighted by Gasteiger charge is -2.21. The minimum absolute atomic E-state index is 0.0196. The Bertz CT molecular complexity index is 597. The molecule has 124 valence electrons. The van der Waals surface area contributed by atoms with Crippen molar-refractivity contribution in [3.05, 3.63) is 29.8 Å². The quantitative estimate of drug-likeness (QED) is 0.809. The molecule has 2 amide bonds. The second-order valence-electron chi connectivity index (χ2n) is 5.92. The Morgan fingerprint density at radius 1 is 1.30 bits per heavy atom. The van der Waals surface area contributed by atoms with Crippen LogP contribution in [0.3, 0.4) is 0 Å². The van der Waals surface area contributed by atoms with E-state index >= 15 is 0 Å². The molecule has 0 unspecified atom stereocenters. The van der Waals surface area contributed by atoms with Gasteiger partial charge in [-0.3, -0.25) is 14.4 Å². The maximum Gasteiger partial charge on any atom is 0.303 e. The lowest BCUT2D eigenvalue weighted by atomic mass is 10.1. The number of carbonyl (C=O) groups is 3. The van der Waals surface area contributed by atoms with Crippen LogP contribution in [0.1, 0.15) is 24.8 Å². The third kappa shape index (κ3) is 4.09. The molecule has 1 aliphatic rings. The van der Waals surface area contributed by atoms with E-state index in [9.17, 15) is 14.4 Å². The number of anilines is 1. The minimum Gasteiger partial charge on any atom is -0.481 e. The number of hydrogen-bond donors (Lipinski definition) is 1. The zero-order valence-corrected chi connectivity index (χ0v) is 13.5. The minimum atomic E-state index is -0.881. The van der Waals surface area contributed by atoms with E-state index in [4.69, 9.17) is 5.11 Å². The molecule has 0 aliphatic carbocycles. The lowest BCUT2D eigenvalue weighted by Crippen LogP contribution is -2.38. The second-order valence-corrected chi connectivity index (χ2v) is 5.92. The molecule has 1 aromatic carbocycles. The number of amides is 2. The van der Waals surface area contributed by atoms with Crippen LogP contribution in [0.4, 0.5) is 5.69 Å². The van der Waals surface area contributed by atoms with E-state index in [-0.39, 0.29) is 18.2 Å². The molecule has 0 saturated carbocycles. The Morgan fingerprint density at radius 3 is 2.57 bits per heavy atom.